The molecule has 0 bridgehead atoms. The van der Waals surface area contributed by atoms with Crippen molar-refractivity contribution in [1.82, 2.24) is 4.72 Å². The summed E-state index contributed by atoms with van der Waals surface area (Å²) >= 11 is 0. The van der Waals surface area contributed by atoms with E-state index in [1.165, 1.54) is 12.1 Å². The number of hydrogen-bond donors (Lipinski definition) is 4. The lowest BCUT2D eigenvalue weighted by Gasteiger charge is -2.18. The summed E-state index contributed by atoms with van der Waals surface area (Å²) in [4.78, 5) is 23.7. The van der Waals surface area contributed by atoms with E-state index in [1.807, 2.05) is 13.0 Å². The van der Waals surface area contributed by atoms with E-state index in [9.17, 15) is 23.1 Å². The van der Waals surface area contributed by atoms with Crippen LogP contribution in [0.25, 0.3) is 11.1 Å². The Labute approximate surface area is 210 Å². The van der Waals surface area contributed by atoms with Crippen molar-refractivity contribution < 1.29 is 27.9 Å². The lowest BCUT2D eigenvalue weighted by molar-refractivity contribution is -0.140. The van der Waals surface area contributed by atoms with E-state index in [-0.39, 0.29) is 4.90 Å². The van der Waals surface area contributed by atoms with Crippen LogP contribution in [-0.2, 0) is 14.8 Å². The van der Waals surface area contributed by atoms with Crippen LogP contribution in [0.4, 0.5) is 16.2 Å². The van der Waals surface area contributed by atoms with Crippen molar-refractivity contribution in [3.05, 3.63) is 72.8 Å². The lowest BCUT2D eigenvalue weighted by Crippen LogP contribution is -2.44. The number of aliphatic carboxylic acids is 1. The molecule has 1 atom stereocenters. The summed E-state index contributed by atoms with van der Waals surface area (Å²) in [7, 11) is -4.00. The van der Waals surface area contributed by atoms with E-state index in [4.69, 9.17) is 4.74 Å². The summed E-state index contributed by atoms with van der Waals surface area (Å²) in [5, 5.41) is 14.8. The first-order valence-electron chi connectivity index (χ1n) is 11.4. The highest BCUT2D eigenvalue weighted by molar-refractivity contribution is 7.89. The first-order chi connectivity index (χ1) is 17.1. The fourth-order valence-electron chi connectivity index (χ4n) is 3.42. The number of urea groups is 1. The van der Waals surface area contributed by atoms with Gasteiger partial charge in [0.15, 0.2) is 0 Å². The van der Waals surface area contributed by atoms with Gasteiger partial charge in [0.2, 0.25) is 10.0 Å². The number of carboxylic acid groups (broad SMARTS) is 1. The van der Waals surface area contributed by atoms with Gasteiger partial charge in [-0.1, -0.05) is 50.2 Å². The molecule has 9 nitrogen and oxygen atoms in total. The lowest BCUT2D eigenvalue weighted by atomic mass is 10.1. The molecule has 190 valence electrons. The molecule has 3 aromatic carbocycles. The maximum atomic E-state index is 12.6. The highest BCUT2D eigenvalue weighted by atomic mass is 32.2. The van der Waals surface area contributed by atoms with E-state index < -0.39 is 34.0 Å². The zero-order valence-corrected chi connectivity index (χ0v) is 21.0. The minimum absolute atomic E-state index is 0.0274. The van der Waals surface area contributed by atoms with Crippen LogP contribution in [0.15, 0.2) is 77.7 Å². The number of carboxylic acids is 1. The Morgan fingerprint density at radius 2 is 1.47 bits per heavy atom. The molecule has 10 heteroatoms. The third-order valence-corrected chi connectivity index (χ3v) is 6.75. The van der Waals surface area contributed by atoms with Crippen molar-refractivity contribution in [3.63, 3.8) is 0 Å². The second-order valence-electron chi connectivity index (χ2n) is 8.29. The van der Waals surface area contributed by atoms with E-state index in [1.54, 1.807) is 68.4 Å². The van der Waals surface area contributed by atoms with Gasteiger partial charge in [0, 0.05) is 5.69 Å². The number of amides is 2. The molecule has 3 aromatic rings. The van der Waals surface area contributed by atoms with Gasteiger partial charge in [-0.25, -0.2) is 13.2 Å². The Kier molecular flexibility index (Phi) is 8.68. The molecule has 0 aromatic heterocycles. The van der Waals surface area contributed by atoms with Crippen LogP contribution >= 0.6 is 0 Å². The predicted octanol–water partition coefficient (Wildman–Crippen LogP) is 4.78. The molecule has 0 aliphatic carbocycles. The van der Waals surface area contributed by atoms with Gasteiger partial charge in [-0.3, -0.25) is 4.79 Å². The molecule has 0 fully saturated rings. The minimum atomic E-state index is -4.00. The van der Waals surface area contributed by atoms with Crippen LogP contribution in [0.2, 0.25) is 0 Å². The van der Waals surface area contributed by atoms with Crippen LogP contribution in [0.1, 0.15) is 20.8 Å². The standard InChI is InChI=1S/C26H29N3O6S/c1-4-35-23-8-6-5-7-22(23)28-26(32)27-20-13-9-18(10-14-20)19-11-15-21(16-12-19)36(33,34)29-24(17(2)3)25(30)31/h5-17,24,29H,4H2,1-3H3,(H,30,31)(H2,27,28,32)/t24-/m0/s1. The van der Waals surface area contributed by atoms with Gasteiger partial charge >= 0.3 is 12.0 Å². The number of para-hydroxylation sites is 2. The Morgan fingerprint density at radius 3 is 2.03 bits per heavy atom. The average Bonchev–Trinajstić information content (AvgIpc) is 2.84. The molecule has 36 heavy (non-hydrogen) atoms. The van der Waals surface area contributed by atoms with Crippen LogP contribution in [-0.4, -0.2) is 38.2 Å². The quantitative estimate of drug-likeness (QED) is 0.309. The SMILES string of the molecule is CCOc1ccccc1NC(=O)Nc1ccc(-c2ccc(S(=O)(=O)N[C@H](C(=O)O)C(C)C)cc2)cc1. The summed E-state index contributed by atoms with van der Waals surface area (Å²) in [5.74, 6) is -1.06. The fraction of sp³-hybridized carbons (Fsp3) is 0.231. The smallest absolute Gasteiger partial charge is 0.323 e. The number of carbonyl (C=O) groups excluding carboxylic acids is 1. The summed E-state index contributed by atoms with van der Waals surface area (Å²) < 4.78 is 33.0. The Bertz CT molecular complexity index is 1310. The van der Waals surface area contributed by atoms with Gasteiger partial charge in [-0.2, -0.15) is 4.72 Å². The van der Waals surface area contributed by atoms with Gasteiger partial charge in [-0.05, 0) is 60.4 Å². The van der Waals surface area contributed by atoms with Gasteiger partial charge < -0.3 is 20.5 Å². The second-order valence-corrected chi connectivity index (χ2v) is 10.0. The average molecular weight is 512 g/mol. The molecule has 0 aliphatic heterocycles. The zero-order chi connectivity index (χ0) is 26.3. The Hall–Kier alpha value is -3.89. The van der Waals surface area contributed by atoms with Crippen molar-refractivity contribution in [2.45, 2.75) is 31.7 Å². The molecule has 0 unspecified atom stereocenters. The number of anilines is 2. The summed E-state index contributed by atoms with van der Waals surface area (Å²) in [6, 6.07) is 18.7. The molecule has 0 aliphatic rings. The van der Waals surface area contributed by atoms with E-state index >= 15 is 0 Å². The number of ether oxygens (including phenoxy) is 1. The first kappa shape index (κ1) is 26.7. The number of benzene rings is 3. The van der Waals surface area contributed by atoms with E-state index in [2.05, 4.69) is 15.4 Å². The van der Waals surface area contributed by atoms with Crippen molar-refractivity contribution in [2.24, 2.45) is 5.92 Å². The van der Waals surface area contributed by atoms with Crippen molar-refractivity contribution >= 4 is 33.4 Å². The van der Waals surface area contributed by atoms with Crippen LogP contribution in [0, 0.1) is 5.92 Å². The van der Waals surface area contributed by atoms with Crippen molar-refractivity contribution in [3.8, 4) is 16.9 Å². The fourth-order valence-corrected chi connectivity index (χ4v) is 4.75. The molecule has 0 saturated carbocycles. The third-order valence-electron chi connectivity index (χ3n) is 5.29. The van der Waals surface area contributed by atoms with Crippen molar-refractivity contribution in [2.75, 3.05) is 17.2 Å². The number of rotatable bonds is 10. The third kappa shape index (κ3) is 6.83. The van der Waals surface area contributed by atoms with Gasteiger partial charge in [0.25, 0.3) is 0 Å². The maximum Gasteiger partial charge on any atom is 0.323 e. The van der Waals surface area contributed by atoms with Gasteiger partial charge in [0.05, 0.1) is 17.2 Å². The summed E-state index contributed by atoms with van der Waals surface area (Å²) in [5.41, 5.74) is 2.70. The van der Waals surface area contributed by atoms with Crippen LogP contribution in [0.3, 0.4) is 0 Å². The normalized spacial score (nSPS) is 12.1. The monoisotopic (exact) mass is 511 g/mol. The molecule has 3 rings (SSSR count). The van der Waals surface area contributed by atoms with Crippen LogP contribution < -0.4 is 20.1 Å². The van der Waals surface area contributed by atoms with E-state index in [0.717, 1.165) is 11.1 Å². The summed E-state index contributed by atoms with van der Waals surface area (Å²) in [6.07, 6.45) is 0. The maximum absolute atomic E-state index is 12.6. The number of hydrogen-bond acceptors (Lipinski definition) is 5. The number of carbonyl (C=O) groups is 2. The van der Waals surface area contributed by atoms with E-state index in [0.29, 0.717) is 23.7 Å². The number of nitrogens with one attached hydrogen (secondary N) is 3. The minimum Gasteiger partial charge on any atom is -0.492 e. The first-order valence-corrected chi connectivity index (χ1v) is 12.8. The Balaban J connectivity index is 1.66. The molecular formula is C26H29N3O6S. The molecule has 0 heterocycles. The molecule has 0 spiro atoms. The van der Waals surface area contributed by atoms with Crippen molar-refractivity contribution in [1.29, 1.82) is 0 Å². The molecule has 2 amide bonds. The summed E-state index contributed by atoms with van der Waals surface area (Å²) in [6.45, 7) is 5.61. The molecular weight excluding hydrogens is 482 g/mol. The van der Waals surface area contributed by atoms with Crippen LogP contribution in [0.5, 0.6) is 5.75 Å². The second kappa shape index (κ2) is 11.7. The predicted molar refractivity (Wildman–Crippen MR) is 139 cm³/mol. The molecule has 0 saturated heterocycles. The van der Waals surface area contributed by atoms with Gasteiger partial charge in [0.1, 0.15) is 11.8 Å². The highest BCUT2D eigenvalue weighted by Gasteiger charge is 2.28. The molecule has 0 radical (unpaired) electrons. The van der Waals surface area contributed by atoms with Gasteiger partial charge in [-0.15, -0.1) is 0 Å². The topological polar surface area (TPSA) is 134 Å². The largest absolute Gasteiger partial charge is 0.492 e. The highest BCUT2D eigenvalue weighted by Crippen LogP contribution is 2.25. The number of sulfonamides is 1. The Morgan fingerprint density at radius 1 is 0.889 bits per heavy atom. The molecule has 4 N–H and O–H groups in total. The zero-order valence-electron chi connectivity index (χ0n) is 20.2.